The number of nitrogens with zero attached hydrogens (tertiary/aromatic N) is 3. The number of hydrogen-bond acceptors (Lipinski definition) is 5. The van der Waals surface area contributed by atoms with Gasteiger partial charge >= 0.3 is 0 Å². The first kappa shape index (κ1) is 19.4. The van der Waals surface area contributed by atoms with Crippen molar-refractivity contribution in [3.63, 3.8) is 0 Å². The van der Waals surface area contributed by atoms with Gasteiger partial charge in [0.1, 0.15) is 5.82 Å². The van der Waals surface area contributed by atoms with Gasteiger partial charge in [-0.1, -0.05) is 24.3 Å². The molecule has 1 aliphatic carbocycles. The molecule has 2 N–H and O–H groups in total. The predicted molar refractivity (Wildman–Crippen MR) is 131 cm³/mol. The topological polar surface area (TPSA) is 83.6 Å². The summed E-state index contributed by atoms with van der Waals surface area (Å²) in [7, 11) is 0. The zero-order valence-electron chi connectivity index (χ0n) is 17.8. The molecule has 0 radical (unpaired) electrons. The highest BCUT2D eigenvalue weighted by molar-refractivity contribution is 5.85. The molecular formula is C27H21N5O. The molecule has 1 aliphatic rings. The summed E-state index contributed by atoms with van der Waals surface area (Å²) in [6, 6.07) is 21.9. The minimum Gasteiger partial charge on any atom is -0.340 e. The van der Waals surface area contributed by atoms with Crippen LogP contribution in [0, 0.1) is 0 Å². The summed E-state index contributed by atoms with van der Waals surface area (Å²) < 4.78 is 0. The van der Waals surface area contributed by atoms with Crippen LogP contribution >= 0.6 is 0 Å². The average molecular weight is 431 g/mol. The third-order valence-corrected chi connectivity index (χ3v) is 5.95. The Balaban J connectivity index is 1.24. The highest BCUT2D eigenvalue weighted by Gasteiger charge is 2.24. The van der Waals surface area contributed by atoms with Crippen molar-refractivity contribution in [2.45, 2.75) is 18.8 Å². The minimum atomic E-state index is -0.0950. The van der Waals surface area contributed by atoms with E-state index in [0.29, 0.717) is 22.9 Å². The van der Waals surface area contributed by atoms with Crippen molar-refractivity contribution >= 4 is 22.3 Å². The van der Waals surface area contributed by atoms with Crippen LogP contribution in [0.15, 0.2) is 90.1 Å². The van der Waals surface area contributed by atoms with Crippen molar-refractivity contribution in [1.82, 2.24) is 19.9 Å². The zero-order valence-corrected chi connectivity index (χ0v) is 17.8. The number of aromatic nitrogens is 4. The number of rotatable bonds is 5. The Kier molecular flexibility index (Phi) is 4.69. The Morgan fingerprint density at radius 2 is 1.64 bits per heavy atom. The summed E-state index contributed by atoms with van der Waals surface area (Å²) in [6.07, 6.45) is 7.79. The fraction of sp³-hybridized carbons (Fsp3) is 0.111. The Labute approximate surface area is 190 Å². The van der Waals surface area contributed by atoms with E-state index in [4.69, 9.17) is 0 Å². The lowest BCUT2D eigenvalue weighted by Gasteiger charge is -2.09. The second-order valence-electron chi connectivity index (χ2n) is 8.32. The van der Waals surface area contributed by atoms with E-state index in [1.807, 2.05) is 48.7 Å². The first-order chi connectivity index (χ1) is 16.2. The smallest absolute Gasteiger partial charge is 0.255 e. The first-order valence-corrected chi connectivity index (χ1v) is 11.0. The predicted octanol–water partition coefficient (Wildman–Crippen LogP) is 5.67. The van der Waals surface area contributed by atoms with Gasteiger partial charge in [0.05, 0.1) is 0 Å². The van der Waals surface area contributed by atoms with Crippen LogP contribution in [0.25, 0.3) is 33.3 Å². The molecule has 1 saturated carbocycles. The quantitative estimate of drug-likeness (QED) is 0.375. The van der Waals surface area contributed by atoms with Crippen molar-refractivity contribution < 1.29 is 0 Å². The second-order valence-corrected chi connectivity index (χ2v) is 8.32. The van der Waals surface area contributed by atoms with Gasteiger partial charge in [0.15, 0.2) is 5.82 Å². The summed E-state index contributed by atoms with van der Waals surface area (Å²) in [5, 5.41) is 4.84. The van der Waals surface area contributed by atoms with Crippen LogP contribution in [0.2, 0.25) is 0 Å². The summed E-state index contributed by atoms with van der Waals surface area (Å²) in [5.41, 5.74) is 5.24. The molecule has 3 aromatic heterocycles. The third kappa shape index (κ3) is 3.99. The van der Waals surface area contributed by atoms with Crippen LogP contribution in [0.4, 0.5) is 11.5 Å². The summed E-state index contributed by atoms with van der Waals surface area (Å²) >= 11 is 0. The molecule has 0 bridgehead atoms. The van der Waals surface area contributed by atoms with Gasteiger partial charge in [-0.05, 0) is 71.8 Å². The summed E-state index contributed by atoms with van der Waals surface area (Å²) in [5.74, 6) is 1.98. The van der Waals surface area contributed by atoms with E-state index in [1.54, 1.807) is 12.4 Å². The summed E-state index contributed by atoms with van der Waals surface area (Å²) in [4.78, 5) is 28.3. The monoisotopic (exact) mass is 431 g/mol. The van der Waals surface area contributed by atoms with Crippen LogP contribution in [0.1, 0.15) is 24.5 Å². The van der Waals surface area contributed by atoms with E-state index in [9.17, 15) is 4.79 Å². The number of H-pyrrole nitrogens is 1. The zero-order chi connectivity index (χ0) is 22.2. The second kappa shape index (κ2) is 7.98. The average Bonchev–Trinajstić information content (AvgIpc) is 3.70. The molecule has 0 saturated heterocycles. The van der Waals surface area contributed by atoms with Gasteiger partial charge in [0.25, 0.3) is 5.56 Å². The molecule has 1 fully saturated rings. The molecular weight excluding hydrogens is 410 g/mol. The van der Waals surface area contributed by atoms with Crippen molar-refractivity contribution in [2.75, 3.05) is 5.32 Å². The maximum absolute atomic E-state index is 11.9. The number of pyridine rings is 2. The van der Waals surface area contributed by atoms with Crippen LogP contribution < -0.4 is 10.9 Å². The molecule has 0 amide bonds. The Hall–Kier alpha value is -4.32. The van der Waals surface area contributed by atoms with Gasteiger partial charge in [0, 0.05) is 46.8 Å². The molecule has 6 nitrogen and oxygen atoms in total. The highest BCUT2D eigenvalue weighted by Crippen LogP contribution is 2.40. The molecule has 0 aliphatic heterocycles. The van der Waals surface area contributed by atoms with Gasteiger partial charge in [0.2, 0.25) is 0 Å². The number of nitrogens with one attached hydrogen (secondary N) is 2. The van der Waals surface area contributed by atoms with E-state index in [0.717, 1.165) is 22.2 Å². The van der Waals surface area contributed by atoms with Crippen molar-refractivity contribution in [1.29, 1.82) is 0 Å². The first-order valence-electron chi connectivity index (χ1n) is 11.0. The lowest BCUT2D eigenvalue weighted by molar-refractivity contribution is 1.02. The standard InChI is InChI=1S/C27H21N5O/c33-27-23-8-7-22(15-21(23)10-13-30-27)31-25-11-14-29-26(32-25)19-5-1-17(2-6-19)20-9-12-28-24(16-20)18-3-4-18/h1-2,5-16,18H,3-4H2,(H,30,33)(H,29,31,32). The van der Waals surface area contributed by atoms with Crippen molar-refractivity contribution in [3.8, 4) is 22.5 Å². The summed E-state index contributed by atoms with van der Waals surface area (Å²) in [6.45, 7) is 0. The van der Waals surface area contributed by atoms with E-state index in [-0.39, 0.29) is 5.56 Å². The molecule has 160 valence electrons. The van der Waals surface area contributed by atoms with Crippen LogP contribution in [0.3, 0.4) is 0 Å². The SMILES string of the molecule is O=c1[nH]ccc2cc(Nc3ccnc(-c4ccc(-c5ccnc(C6CC6)c5)cc4)n3)ccc12. The van der Waals surface area contributed by atoms with Gasteiger partial charge in [-0.3, -0.25) is 9.78 Å². The van der Waals surface area contributed by atoms with Gasteiger partial charge in [-0.15, -0.1) is 0 Å². The molecule has 0 spiro atoms. The number of fused-ring (bicyclic) bond motifs is 1. The van der Waals surface area contributed by atoms with Crippen molar-refractivity contribution in [2.24, 2.45) is 0 Å². The van der Waals surface area contributed by atoms with Gasteiger partial charge in [-0.2, -0.15) is 0 Å². The van der Waals surface area contributed by atoms with Crippen LogP contribution in [-0.2, 0) is 0 Å². The van der Waals surface area contributed by atoms with Gasteiger partial charge < -0.3 is 10.3 Å². The van der Waals surface area contributed by atoms with E-state index < -0.39 is 0 Å². The van der Waals surface area contributed by atoms with Crippen LogP contribution in [-0.4, -0.2) is 19.9 Å². The lowest BCUT2D eigenvalue weighted by Crippen LogP contribution is -2.04. The molecule has 5 aromatic rings. The molecule has 3 heterocycles. The largest absolute Gasteiger partial charge is 0.340 e. The minimum absolute atomic E-state index is 0.0950. The van der Waals surface area contributed by atoms with Crippen molar-refractivity contribution in [3.05, 3.63) is 101 Å². The molecule has 6 rings (SSSR count). The fourth-order valence-corrected chi connectivity index (χ4v) is 4.03. The van der Waals surface area contributed by atoms with E-state index in [2.05, 4.69) is 49.5 Å². The molecule has 0 unspecified atom stereocenters. The molecule has 2 aromatic carbocycles. The normalized spacial score (nSPS) is 13.2. The van der Waals surface area contributed by atoms with E-state index in [1.165, 1.54) is 24.1 Å². The Bertz CT molecular complexity index is 1520. The lowest BCUT2D eigenvalue weighted by atomic mass is 10.0. The Morgan fingerprint density at radius 1 is 0.818 bits per heavy atom. The number of aromatic amines is 1. The molecule has 0 atom stereocenters. The molecule has 33 heavy (non-hydrogen) atoms. The van der Waals surface area contributed by atoms with Crippen LogP contribution in [0.5, 0.6) is 0 Å². The number of hydrogen-bond donors (Lipinski definition) is 2. The number of anilines is 2. The third-order valence-electron chi connectivity index (χ3n) is 5.95. The van der Waals surface area contributed by atoms with E-state index >= 15 is 0 Å². The number of benzene rings is 2. The maximum atomic E-state index is 11.9. The fourth-order valence-electron chi connectivity index (χ4n) is 4.03. The van der Waals surface area contributed by atoms with Gasteiger partial charge in [-0.25, -0.2) is 9.97 Å². The molecule has 6 heteroatoms. The maximum Gasteiger partial charge on any atom is 0.255 e. The highest BCUT2D eigenvalue weighted by atomic mass is 16.1. The Morgan fingerprint density at radius 3 is 2.48 bits per heavy atom.